The number of aliphatic carboxylic acids is 1. The number of carbonyl (C=O) groups is 1. The van der Waals surface area contributed by atoms with E-state index in [0.29, 0.717) is 37.0 Å². The molecule has 19 heavy (non-hydrogen) atoms. The van der Waals surface area contributed by atoms with Crippen LogP contribution in [0.3, 0.4) is 0 Å². The van der Waals surface area contributed by atoms with Crippen LogP contribution < -0.4 is 9.64 Å². The van der Waals surface area contributed by atoms with Gasteiger partial charge in [-0.15, -0.1) is 0 Å². The van der Waals surface area contributed by atoms with E-state index in [2.05, 4.69) is 9.97 Å². The molecule has 2 heterocycles. The first-order valence-corrected chi connectivity index (χ1v) is 6.23. The minimum Gasteiger partial charge on any atom is -0.480 e. The minimum absolute atomic E-state index is 0.0642. The summed E-state index contributed by atoms with van der Waals surface area (Å²) < 4.78 is 4.98. The summed E-state index contributed by atoms with van der Waals surface area (Å²) in [4.78, 5) is 22.7. The number of anilines is 1. The number of rotatable bonds is 4. The molecule has 0 aliphatic carbocycles. The van der Waals surface area contributed by atoms with Crippen LogP contribution in [0, 0.1) is 0 Å². The number of hydrogen-bond donors (Lipinski definition) is 1. The summed E-state index contributed by atoms with van der Waals surface area (Å²) in [5.74, 6) is -0.182. The molecule has 1 aromatic rings. The molecule has 0 saturated carbocycles. The molecule has 0 spiro atoms. The fourth-order valence-corrected chi connectivity index (χ4v) is 2.18. The van der Waals surface area contributed by atoms with Crippen LogP contribution in [-0.2, 0) is 4.79 Å². The van der Waals surface area contributed by atoms with Gasteiger partial charge in [-0.25, -0.2) is 4.98 Å². The highest BCUT2D eigenvalue weighted by Gasteiger charge is 2.21. The van der Waals surface area contributed by atoms with Crippen LogP contribution in [-0.4, -0.2) is 65.8 Å². The Morgan fingerprint density at radius 3 is 2.74 bits per heavy atom. The van der Waals surface area contributed by atoms with Gasteiger partial charge in [0.25, 0.3) is 0 Å². The molecular weight excluding hydrogens is 272 g/mol. The van der Waals surface area contributed by atoms with Crippen LogP contribution in [0.4, 0.5) is 5.82 Å². The van der Waals surface area contributed by atoms with Crippen molar-refractivity contribution in [3.8, 4) is 6.01 Å². The van der Waals surface area contributed by atoms with Crippen molar-refractivity contribution in [1.82, 2.24) is 14.9 Å². The van der Waals surface area contributed by atoms with E-state index in [1.807, 2.05) is 9.80 Å². The summed E-state index contributed by atoms with van der Waals surface area (Å²) in [5, 5.41) is 9.21. The maximum absolute atomic E-state index is 10.6. The number of carboxylic acid groups (broad SMARTS) is 1. The number of nitrogens with zero attached hydrogens (tertiary/aromatic N) is 4. The smallest absolute Gasteiger partial charge is 0.318 e. The number of aromatic nitrogens is 2. The molecule has 0 radical (unpaired) electrons. The van der Waals surface area contributed by atoms with Crippen molar-refractivity contribution in [3.63, 3.8) is 0 Å². The summed E-state index contributed by atoms with van der Waals surface area (Å²) in [6, 6.07) is 0.271. The number of halogens is 1. The zero-order chi connectivity index (χ0) is 13.8. The summed E-state index contributed by atoms with van der Waals surface area (Å²) in [7, 11) is 1.50. The van der Waals surface area contributed by atoms with Gasteiger partial charge in [0.15, 0.2) is 5.82 Å². The number of methoxy groups -OCH3 is 1. The van der Waals surface area contributed by atoms with Gasteiger partial charge in [0.1, 0.15) is 5.02 Å². The molecule has 1 aliphatic rings. The largest absolute Gasteiger partial charge is 0.480 e. The molecule has 1 aliphatic heterocycles. The third kappa shape index (κ3) is 3.45. The molecule has 8 heteroatoms. The summed E-state index contributed by atoms with van der Waals surface area (Å²) in [5.41, 5.74) is 0. The Morgan fingerprint density at radius 2 is 2.16 bits per heavy atom. The first kappa shape index (κ1) is 13.8. The molecule has 0 bridgehead atoms. The van der Waals surface area contributed by atoms with Crippen molar-refractivity contribution in [2.45, 2.75) is 0 Å². The predicted molar refractivity (Wildman–Crippen MR) is 69.9 cm³/mol. The molecule has 1 saturated heterocycles. The van der Waals surface area contributed by atoms with Crippen molar-refractivity contribution in [3.05, 3.63) is 11.2 Å². The van der Waals surface area contributed by atoms with E-state index in [1.165, 1.54) is 13.3 Å². The maximum atomic E-state index is 10.6. The van der Waals surface area contributed by atoms with Gasteiger partial charge >= 0.3 is 12.0 Å². The third-order valence-corrected chi connectivity index (χ3v) is 3.18. The topological polar surface area (TPSA) is 78.8 Å². The molecule has 2 rings (SSSR count). The average molecular weight is 287 g/mol. The van der Waals surface area contributed by atoms with E-state index < -0.39 is 5.97 Å². The third-order valence-electron chi connectivity index (χ3n) is 2.92. The van der Waals surface area contributed by atoms with Gasteiger partial charge in [0.2, 0.25) is 0 Å². The Balaban J connectivity index is 2.03. The van der Waals surface area contributed by atoms with Crippen molar-refractivity contribution < 1.29 is 14.6 Å². The van der Waals surface area contributed by atoms with E-state index in [0.717, 1.165) is 0 Å². The van der Waals surface area contributed by atoms with Gasteiger partial charge in [-0.3, -0.25) is 9.69 Å². The van der Waals surface area contributed by atoms with Crippen LogP contribution in [0.1, 0.15) is 0 Å². The van der Waals surface area contributed by atoms with Gasteiger partial charge in [0, 0.05) is 26.2 Å². The van der Waals surface area contributed by atoms with Gasteiger partial charge in [0.05, 0.1) is 19.9 Å². The molecule has 104 valence electrons. The average Bonchev–Trinajstić information content (AvgIpc) is 2.40. The lowest BCUT2D eigenvalue weighted by molar-refractivity contribution is -0.138. The van der Waals surface area contributed by atoms with Crippen molar-refractivity contribution in [2.24, 2.45) is 0 Å². The highest BCUT2D eigenvalue weighted by atomic mass is 35.5. The van der Waals surface area contributed by atoms with Gasteiger partial charge in [-0.1, -0.05) is 11.6 Å². The lowest BCUT2D eigenvalue weighted by atomic mass is 10.3. The van der Waals surface area contributed by atoms with E-state index in [9.17, 15) is 4.79 Å². The van der Waals surface area contributed by atoms with Crippen molar-refractivity contribution in [2.75, 3.05) is 44.7 Å². The highest BCUT2D eigenvalue weighted by molar-refractivity contribution is 6.32. The first-order valence-electron chi connectivity index (χ1n) is 5.86. The second-order valence-electron chi connectivity index (χ2n) is 4.19. The van der Waals surface area contributed by atoms with Gasteiger partial charge in [-0.2, -0.15) is 4.98 Å². The van der Waals surface area contributed by atoms with E-state index in [1.54, 1.807) is 0 Å². The maximum Gasteiger partial charge on any atom is 0.318 e. The van der Waals surface area contributed by atoms with Crippen LogP contribution >= 0.6 is 11.6 Å². The Hall–Kier alpha value is -1.60. The summed E-state index contributed by atoms with van der Waals surface area (Å²) in [6.45, 7) is 2.74. The predicted octanol–water partition coefficient (Wildman–Crippen LogP) is 0.345. The Bertz CT molecular complexity index is 463. The Labute approximate surface area is 115 Å². The minimum atomic E-state index is -0.810. The normalized spacial score (nSPS) is 16.4. The van der Waals surface area contributed by atoms with Crippen LogP contribution in [0.25, 0.3) is 0 Å². The number of hydrogen-bond acceptors (Lipinski definition) is 6. The second kappa shape index (κ2) is 6.03. The Kier molecular flexibility index (Phi) is 4.39. The highest BCUT2D eigenvalue weighted by Crippen LogP contribution is 2.25. The number of carboxylic acids is 1. The summed E-state index contributed by atoms with van der Waals surface area (Å²) >= 11 is 6.08. The first-order chi connectivity index (χ1) is 9.10. The zero-order valence-electron chi connectivity index (χ0n) is 10.5. The molecule has 1 fully saturated rings. The monoisotopic (exact) mass is 286 g/mol. The molecule has 0 unspecified atom stereocenters. The van der Waals surface area contributed by atoms with Gasteiger partial charge < -0.3 is 14.7 Å². The van der Waals surface area contributed by atoms with Crippen LogP contribution in [0.5, 0.6) is 6.01 Å². The summed E-state index contributed by atoms with van der Waals surface area (Å²) in [6.07, 6.45) is 1.51. The molecule has 0 amide bonds. The standard InChI is InChI=1S/C11H15ClN4O3/c1-19-11-13-6-8(12)10(14-11)16-4-2-15(3-5-16)7-9(17)18/h6H,2-5,7H2,1H3,(H,17,18). The molecule has 0 aromatic carbocycles. The lowest BCUT2D eigenvalue weighted by Gasteiger charge is -2.34. The molecule has 7 nitrogen and oxygen atoms in total. The molecular formula is C11H15ClN4O3. The molecule has 1 aromatic heterocycles. The molecule has 1 N–H and O–H groups in total. The fourth-order valence-electron chi connectivity index (χ4n) is 1.97. The van der Waals surface area contributed by atoms with E-state index in [-0.39, 0.29) is 12.6 Å². The molecule has 0 atom stereocenters. The Morgan fingerprint density at radius 1 is 1.47 bits per heavy atom. The van der Waals surface area contributed by atoms with Gasteiger partial charge in [-0.05, 0) is 0 Å². The zero-order valence-corrected chi connectivity index (χ0v) is 11.3. The quantitative estimate of drug-likeness (QED) is 0.855. The second-order valence-corrected chi connectivity index (χ2v) is 4.59. The van der Waals surface area contributed by atoms with E-state index >= 15 is 0 Å². The SMILES string of the molecule is COc1ncc(Cl)c(N2CCN(CC(=O)O)CC2)n1. The fraction of sp³-hybridized carbons (Fsp3) is 0.545. The van der Waals surface area contributed by atoms with Crippen molar-refractivity contribution >= 4 is 23.4 Å². The van der Waals surface area contributed by atoms with Crippen LogP contribution in [0.15, 0.2) is 6.20 Å². The number of ether oxygens (including phenoxy) is 1. The number of piperazine rings is 1. The van der Waals surface area contributed by atoms with Crippen LogP contribution in [0.2, 0.25) is 5.02 Å². The van der Waals surface area contributed by atoms with Crippen molar-refractivity contribution in [1.29, 1.82) is 0 Å². The lowest BCUT2D eigenvalue weighted by Crippen LogP contribution is -2.48. The van der Waals surface area contributed by atoms with E-state index in [4.69, 9.17) is 21.4 Å².